The molecule has 0 bridgehead atoms. The number of likely N-dealkylation sites (tertiary alicyclic amines) is 1. The molecule has 0 spiro atoms. The summed E-state index contributed by atoms with van der Waals surface area (Å²) in [6.07, 6.45) is 3.66. The lowest BCUT2D eigenvalue weighted by molar-refractivity contribution is 0.0211. The molecule has 1 aliphatic rings. The van der Waals surface area contributed by atoms with Crippen molar-refractivity contribution in [3.63, 3.8) is 0 Å². The van der Waals surface area contributed by atoms with Gasteiger partial charge in [0.2, 0.25) is 5.88 Å². The Kier molecular flexibility index (Phi) is 6.49. The number of amides is 1. The van der Waals surface area contributed by atoms with Crippen LogP contribution in [0.2, 0.25) is 0 Å². The molecule has 0 saturated carbocycles. The van der Waals surface area contributed by atoms with Crippen LogP contribution < -0.4 is 4.74 Å². The monoisotopic (exact) mass is 433 g/mol. The first-order valence-electron chi connectivity index (χ1n) is 11.2. The van der Waals surface area contributed by atoms with Gasteiger partial charge in [0.25, 0.3) is 0 Å². The summed E-state index contributed by atoms with van der Waals surface area (Å²) in [5, 5.41) is 4.75. The maximum Gasteiger partial charge on any atom is 0.410 e. The minimum atomic E-state index is -0.505. The van der Waals surface area contributed by atoms with Crippen LogP contribution in [0.1, 0.15) is 39.2 Å². The van der Waals surface area contributed by atoms with Crippen molar-refractivity contribution in [1.82, 2.24) is 14.7 Å². The number of rotatable bonds is 6. The van der Waals surface area contributed by atoms with Crippen LogP contribution in [-0.2, 0) is 17.9 Å². The van der Waals surface area contributed by atoms with Crippen molar-refractivity contribution >= 4 is 6.09 Å². The van der Waals surface area contributed by atoms with Crippen LogP contribution in [0.4, 0.5) is 4.79 Å². The normalized spacial score (nSPS) is 16.2. The number of hydrogen-bond donors (Lipinski definition) is 0. The molecular formula is C26H31N3O3. The summed E-state index contributed by atoms with van der Waals surface area (Å²) < 4.78 is 13.6. The third-order valence-electron chi connectivity index (χ3n) is 5.43. The molecule has 1 unspecified atom stereocenters. The molecule has 6 heteroatoms. The van der Waals surface area contributed by atoms with Crippen LogP contribution in [0.3, 0.4) is 0 Å². The van der Waals surface area contributed by atoms with Gasteiger partial charge >= 0.3 is 6.09 Å². The Morgan fingerprint density at radius 2 is 1.75 bits per heavy atom. The molecule has 1 amide bonds. The van der Waals surface area contributed by atoms with Crippen LogP contribution >= 0.6 is 0 Å². The molecule has 0 aliphatic carbocycles. The van der Waals surface area contributed by atoms with E-state index in [0.717, 1.165) is 29.5 Å². The summed E-state index contributed by atoms with van der Waals surface area (Å²) in [6, 6.07) is 20.2. The van der Waals surface area contributed by atoms with E-state index in [0.29, 0.717) is 25.6 Å². The number of carbonyl (C=O) groups is 1. The lowest BCUT2D eigenvalue weighted by Crippen LogP contribution is -2.41. The first-order valence-corrected chi connectivity index (χ1v) is 11.2. The predicted molar refractivity (Wildman–Crippen MR) is 124 cm³/mol. The van der Waals surface area contributed by atoms with Crippen molar-refractivity contribution in [3.8, 4) is 17.0 Å². The number of carbonyl (C=O) groups excluding carboxylic acids is 1. The van der Waals surface area contributed by atoms with Crippen molar-refractivity contribution in [2.75, 3.05) is 6.54 Å². The fourth-order valence-corrected chi connectivity index (χ4v) is 3.95. The fraction of sp³-hybridized carbons (Fsp3) is 0.385. The second-order valence-electron chi connectivity index (χ2n) is 9.18. The van der Waals surface area contributed by atoms with E-state index in [4.69, 9.17) is 14.6 Å². The lowest BCUT2D eigenvalue weighted by atomic mass is 10.1. The molecule has 0 N–H and O–H groups in total. The molecule has 4 rings (SSSR count). The Labute approximate surface area is 189 Å². The molecule has 1 saturated heterocycles. The molecule has 1 aliphatic heterocycles. The highest BCUT2D eigenvalue weighted by Gasteiger charge is 2.32. The topological polar surface area (TPSA) is 56.6 Å². The highest BCUT2D eigenvalue weighted by atomic mass is 16.6. The van der Waals surface area contributed by atoms with Gasteiger partial charge in [0.05, 0.1) is 18.2 Å². The van der Waals surface area contributed by atoms with Gasteiger partial charge in [0.15, 0.2) is 0 Å². The first kappa shape index (κ1) is 21.9. The fourth-order valence-electron chi connectivity index (χ4n) is 3.95. The van der Waals surface area contributed by atoms with E-state index in [-0.39, 0.29) is 12.1 Å². The summed E-state index contributed by atoms with van der Waals surface area (Å²) in [7, 11) is 0. The highest BCUT2D eigenvalue weighted by Crippen LogP contribution is 2.30. The van der Waals surface area contributed by atoms with Gasteiger partial charge in [0.1, 0.15) is 12.2 Å². The van der Waals surface area contributed by atoms with Gasteiger partial charge < -0.3 is 14.4 Å². The van der Waals surface area contributed by atoms with E-state index in [2.05, 4.69) is 12.1 Å². The number of benzene rings is 2. The van der Waals surface area contributed by atoms with Crippen LogP contribution in [0.5, 0.6) is 5.88 Å². The van der Waals surface area contributed by atoms with Crippen molar-refractivity contribution in [2.24, 2.45) is 0 Å². The number of hydrogen-bond acceptors (Lipinski definition) is 4. The second kappa shape index (κ2) is 9.47. The van der Waals surface area contributed by atoms with E-state index in [1.54, 1.807) is 0 Å². The zero-order valence-corrected chi connectivity index (χ0v) is 19.0. The van der Waals surface area contributed by atoms with E-state index in [1.807, 2.05) is 85.1 Å². The minimum absolute atomic E-state index is 0.0512. The summed E-state index contributed by atoms with van der Waals surface area (Å²) in [6.45, 7) is 7.45. The molecular weight excluding hydrogens is 402 g/mol. The van der Waals surface area contributed by atoms with Gasteiger partial charge in [-0.05, 0) is 44.7 Å². The average Bonchev–Trinajstić information content (AvgIpc) is 3.40. The number of nitrogens with zero attached hydrogens (tertiary/aromatic N) is 3. The summed E-state index contributed by atoms with van der Waals surface area (Å²) in [5.41, 5.74) is 2.59. The van der Waals surface area contributed by atoms with E-state index < -0.39 is 5.60 Å². The van der Waals surface area contributed by atoms with Crippen LogP contribution in [0, 0.1) is 0 Å². The van der Waals surface area contributed by atoms with Crippen molar-refractivity contribution in [3.05, 3.63) is 72.4 Å². The summed E-state index contributed by atoms with van der Waals surface area (Å²) in [5.74, 6) is 0.599. The molecule has 2 heterocycles. The summed E-state index contributed by atoms with van der Waals surface area (Å²) in [4.78, 5) is 14.5. The van der Waals surface area contributed by atoms with E-state index in [1.165, 1.54) is 0 Å². The zero-order valence-electron chi connectivity index (χ0n) is 19.0. The Balaban J connectivity index is 1.53. The molecule has 0 radical (unpaired) electrons. The smallest absolute Gasteiger partial charge is 0.410 e. The standard InChI is InChI=1S/C26H31N3O3/c1-26(2,3)32-25(30)29-16-10-15-22(29)17-28-18-23(21-13-8-5-9-14-21)24(27-28)31-19-20-11-6-4-7-12-20/h4-9,11-14,18,22H,10,15-17,19H2,1-3H3. The Bertz CT molecular complexity index is 1030. The molecule has 1 fully saturated rings. The first-order chi connectivity index (χ1) is 15.4. The van der Waals surface area contributed by atoms with Crippen molar-refractivity contribution < 1.29 is 14.3 Å². The van der Waals surface area contributed by atoms with Gasteiger partial charge in [-0.25, -0.2) is 4.79 Å². The molecule has 6 nitrogen and oxygen atoms in total. The quantitative estimate of drug-likeness (QED) is 0.513. The van der Waals surface area contributed by atoms with Crippen molar-refractivity contribution in [1.29, 1.82) is 0 Å². The predicted octanol–water partition coefficient (Wildman–Crippen LogP) is 5.53. The van der Waals surface area contributed by atoms with Gasteiger partial charge in [-0.15, -0.1) is 5.10 Å². The van der Waals surface area contributed by atoms with Gasteiger partial charge in [-0.1, -0.05) is 60.7 Å². The Morgan fingerprint density at radius 3 is 2.44 bits per heavy atom. The van der Waals surface area contributed by atoms with Gasteiger partial charge in [-0.3, -0.25) is 4.68 Å². The second-order valence-corrected chi connectivity index (χ2v) is 9.18. The third-order valence-corrected chi connectivity index (χ3v) is 5.43. The molecule has 168 valence electrons. The maximum absolute atomic E-state index is 12.7. The lowest BCUT2D eigenvalue weighted by Gasteiger charge is -2.28. The Morgan fingerprint density at radius 1 is 1.06 bits per heavy atom. The zero-order chi connectivity index (χ0) is 22.6. The van der Waals surface area contributed by atoms with Gasteiger partial charge in [-0.2, -0.15) is 0 Å². The molecule has 3 aromatic rings. The van der Waals surface area contributed by atoms with Gasteiger partial charge in [0, 0.05) is 12.7 Å². The minimum Gasteiger partial charge on any atom is -0.471 e. The molecule has 1 aromatic heterocycles. The van der Waals surface area contributed by atoms with E-state index >= 15 is 0 Å². The third kappa shape index (κ3) is 5.49. The average molecular weight is 434 g/mol. The maximum atomic E-state index is 12.7. The summed E-state index contributed by atoms with van der Waals surface area (Å²) >= 11 is 0. The van der Waals surface area contributed by atoms with Crippen LogP contribution in [0.15, 0.2) is 66.9 Å². The van der Waals surface area contributed by atoms with Crippen molar-refractivity contribution in [2.45, 2.75) is 58.4 Å². The Hall–Kier alpha value is -3.28. The largest absolute Gasteiger partial charge is 0.471 e. The number of ether oxygens (including phenoxy) is 2. The molecule has 32 heavy (non-hydrogen) atoms. The number of aromatic nitrogens is 2. The highest BCUT2D eigenvalue weighted by molar-refractivity contribution is 5.69. The molecule has 1 atom stereocenters. The SMILES string of the molecule is CC(C)(C)OC(=O)N1CCCC1Cn1cc(-c2ccccc2)c(OCc2ccccc2)n1. The van der Waals surface area contributed by atoms with Crippen LogP contribution in [0.25, 0.3) is 11.1 Å². The van der Waals surface area contributed by atoms with Crippen LogP contribution in [-0.4, -0.2) is 39.0 Å². The van der Waals surface area contributed by atoms with E-state index in [9.17, 15) is 4.79 Å². The molecule has 2 aromatic carbocycles.